The van der Waals surface area contributed by atoms with Crippen LogP contribution in [0.2, 0.25) is 0 Å². The zero-order valence-electron chi connectivity index (χ0n) is 12.7. The summed E-state index contributed by atoms with van der Waals surface area (Å²) in [5.41, 5.74) is 2.53. The van der Waals surface area contributed by atoms with Crippen LogP contribution in [-0.4, -0.2) is 22.2 Å². The van der Waals surface area contributed by atoms with Gasteiger partial charge in [-0.3, -0.25) is 4.98 Å². The fourth-order valence-corrected chi connectivity index (χ4v) is 2.64. The summed E-state index contributed by atoms with van der Waals surface area (Å²) in [6.45, 7) is 3.95. The minimum atomic E-state index is -0.287. The number of aliphatic hydroxyl groups excluding tert-OH is 1. The minimum absolute atomic E-state index is 0.238. The molecule has 1 heterocycles. The molecule has 0 saturated carbocycles. The van der Waals surface area contributed by atoms with Crippen LogP contribution in [0, 0.1) is 0 Å². The first-order valence-corrected chi connectivity index (χ1v) is 7.53. The van der Waals surface area contributed by atoms with Gasteiger partial charge in [-0.2, -0.15) is 0 Å². The van der Waals surface area contributed by atoms with E-state index in [1.165, 1.54) is 11.1 Å². The summed E-state index contributed by atoms with van der Waals surface area (Å²) in [6, 6.07) is 15.1. The number of pyridine rings is 1. The Labute approximate surface area is 127 Å². The Morgan fingerprint density at radius 1 is 1.05 bits per heavy atom. The maximum atomic E-state index is 9.55. The molecule has 21 heavy (non-hydrogen) atoms. The molecule has 1 aromatic heterocycles. The maximum absolute atomic E-state index is 9.55. The molecule has 0 aliphatic carbocycles. The van der Waals surface area contributed by atoms with Gasteiger partial charge in [-0.25, -0.2) is 0 Å². The predicted molar refractivity (Wildman–Crippen MR) is 86.0 cm³/mol. The lowest BCUT2D eigenvalue weighted by atomic mass is 9.98. The van der Waals surface area contributed by atoms with E-state index in [0.29, 0.717) is 0 Å². The van der Waals surface area contributed by atoms with Crippen molar-refractivity contribution in [2.75, 3.05) is 0 Å². The zero-order chi connectivity index (χ0) is 15.1. The van der Waals surface area contributed by atoms with E-state index in [-0.39, 0.29) is 18.2 Å². The molecule has 0 amide bonds. The molecule has 2 N–H and O–H groups in total. The summed E-state index contributed by atoms with van der Waals surface area (Å²) in [5.74, 6) is 0. The molecule has 2 aromatic rings. The quantitative estimate of drug-likeness (QED) is 0.821. The number of rotatable bonds is 7. The van der Waals surface area contributed by atoms with E-state index in [0.717, 1.165) is 12.8 Å². The lowest BCUT2D eigenvalue weighted by molar-refractivity contribution is 0.167. The predicted octanol–water partition coefficient (Wildman–Crippen LogP) is 3.11. The van der Waals surface area contributed by atoms with Crippen LogP contribution < -0.4 is 5.32 Å². The van der Waals surface area contributed by atoms with Crippen molar-refractivity contribution >= 4 is 0 Å². The number of hydrogen-bond donors (Lipinski definition) is 2. The molecule has 3 heteroatoms. The molecule has 0 saturated heterocycles. The van der Waals surface area contributed by atoms with Gasteiger partial charge in [0.2, 0.25) is 0 Å². The van der Waals surface area contributed by atoms with Crippen molar-refractivity contribution in [3.8, 4) is 0 Å². The van der Waals surface area contributed by atoms with Crippen molar-refractivity contribution in [2.24, 2.45) is 0 Å². The Balaban J connectivity index is 2.11. The molecule has 112 valence electrons. The minimum Gasteiger partial charge on any atom is -0.393 e. The SMILES string of the molecule is CC(O)CC(C)NC(Cc1ccncc1)c1ccccc1. The first-order valence-electron chi connectivity index (χ1n) is 7.53. The molecule has 0 fully saturated rings. The molecule has 3 unspecified atom stereocenters. The lowest BCUT2D eigenvalue weighted by Gasteiger charge is -2.25. The van der Waals surface area contributed by atoms with E-state index >= 15 is 0 Å². The molecule has 3 nitrogen and oxygen atoms in total. The Morgan fingerprint density at radius 3 is 2.33 bits per heavy atom. The van der Waals surface area contributed by atoms with Crippen LogP contribution in [0.15, 0.2) is 54.9 Å². The van der Waals surface area contributed by atoms with Crippen LogP contribution >= 0.6 is 0 Å². The number of aliphatic hydroxyl groups is 1. The molecule has 0 radical (unpaired) electrons. The summed E-state index contributed by atoms with van der Waals surface area (Å²) >= 11 is 0. The van der Waals surface area contributed by atoms with Gasteiger partial charge in [-0.05, 0) is 49.9 Å². The summed E-state index contributed by atoms with van der Waals surface area (Å²) in [6.07, 6.45) is 5.04. The summed E-state index contributed by atoms with van der Waals surface area (Å²) in [7, 11) is 0. The lowest BCUT2D eigenvalue weighted by Crippen LogP contribution is -2.34. The van der Waals surface area contributed by atoms with E-state index in [4.69, 9.17) is 0 Å². The van der Waals surface area contributed by atoms with E-state index in [1.54, 1.807) is 0 Å². The fraction of sp³-hybridized carbons (Fsp3) is 0.389. The van der Waals surface area contributed by atoms with Gasteiger partial charge in [0.15, 0.2) is 0 Å². The van der Waals surface area contributed by atoms with Gasteiger partial charge in [0.25, 0.3) is 0 Å². The highest BCUT2D eigenvalue weighted by Gasteiger charge is 2.16. The third-order valence-electron chi connectivity index (χ3n) is 3.57. The molecule has 0 aliphatic rings. The fourth-order valence-electron chi connectivity index (χ4n) is 2.64. The first-order chi connectivity index (χ1) is 10.1. The van der Waals surface area contributed by atoms with Crippen LogP contribution in [-0.2, 0) is 6.42 Å². The van der Waals surface area contributed by atoms with E-state index in [1.807, 2.05) is 25.4 Å². The standard InChI is InChI=1S/C18H24N2O/c1-14(12-15(2)21)20-18(17-6-4-3-5-7-17)13-16-8-10-19-11-9-16/h3-11,14-15,18,20-21H,12-13H2,1-2H3. The van der Waals surface area contributed by atoms with E-state index in [9.17, 15) is 5.11 Å². The van der Waals surface area contributed by atoms with Gasteiger partial charge < -0.3 is 10.4 Å². The van der Waals surface area contributed by atoms with Gasteiger partial charge in [0.1, 0.15) is 0 Å². The molecule has 0 aliphatic heterocycles. The van der Waals surface area contributed by atoms with Gasteiger partial charge in [0, 0.05) is 24.5 Å². The monoisotopic (exact) mass is 284 g/mol. The number of nitrogens with one attached hydrogen (secondary N) is 1. The van der Waals surface area contributed by atoms with Gasteiger partial charge in [-0.15, -0.1) is 0 Å². The second-order valence-corrected chi connectivity index (χ2v) is 5.68. The first kappa shape index (κ1) is 15.7. The third-order valence-corrected chi connectivity index (χ3v) is 3.57. The Bertz CT molecular complexity index is 513. The third kappa shape index (κ3) is 5.29. The highest BCUT2D eigenvalue weighted by molar-refractivity contribution is 5.22. The molecule has 0 spiro atoms. The van der Waals surface area contributed by atoms with E-state index in [2.05, 4.69) is 53.6 Å². The maximum Gasteiger partial charge on any atom is 0.0526 e. The van der Waals surface area contributed by atoms with Gasteiger partial charge in [-0.1, -0.05) is 30.3 Å². The topological polar surface area (TPSA) is 45.1 Å². The Hall–Kier alpha value is -1.71. The summed E-state index contributed by atoms with van der Waals surface area (Å²) in [4.78, 5) is 4.07. The molecule has 2 rings (SSSR count). The van der Waals surface area contributed by atoms with Crippen LogP contribution in [0.4, 0.5) is 0 Å². The van der Waals surface area contributed by atoms with Crippen LogP contribution in [0.25, 0.3) is 0 Å². The van der Waals surface area contributed by atoms with Crippen LogP contribution in [0.1, 0.15) is 37.4 Å². The number of nitrogens with zero attached hydrogens (tertiary/aromatic N) is 1. The molecule has 1 aromatic carbocycles. The van der Waals surface area contributed by atoms with Crippen LogP contribution in [0.3, 0.4) is 0 Å². The number of hydrogen-bond acceptors (Lipinski definition) is 3. The van der Waals surface area contributed by atoms with Crippen molar-refractivity contribution in [3.05, 3.63) is 66.0 Å². The normalized spacial score (nSPS) is 15.4. The van der Waals surface area contributed by atoms with Gasteiger partial charge >= 0.3 is 0 Å². The van der Waals surface area contributed by atoms with Crippen molar-refractivity contribution in [1.82, 2.24) is 10.3 Å². The Morgan fingerprint density at radius 2 is 1.71 bits per heavy atom. The second kappa shape index (κ2) is 7.91. The second-order valence-electron chi connectivity index (χ2n) is 5.68. The highest BCUT2D eigenvalue weighted by Crippen LogP contribution is 2.19. The largest absolute Gasteiger partial charge is 0.393 e. The van der Waals surface area contributed by atoms with Crippen molar-refractivity contribution in [3.63, 3.8) is 0 Å². The summed E-state index contributed by atoms with van der Waals surface area (Å²) in [5, 5.41) is 13.2. The van der Waals surface area contributed by atoms with Crippen molar-refractivity contribution in [2.45, 2.75) is 44.9 Å². The number of benzene rings is 1. The average Bonchev–Trinajstić information content (AvgIpc) is 2.48. The highest BCUT2D eigenvalue weighted by atomic mass is 16.3. The summed E-state index contributed by atoms with van der Waals surface area (Å²) < 4.78 is 0. The zero-order valence-corrected chi connectivity index (χ0v) is 12.7. The molecular weight excluding hydrogens is 260 g/mol. The number of aromatic nitrogens is 1. The van der Waals surface area contributed by atoms with Crippen LogP contribution in [0.5, 0.6) is 0 Å². The van der Waals surface area contributed by atoms with E-state index < -0.39 is 0 Å². The Kier molecular flexibility index (Phi) is 5.90. The van der Waals surface area contributed by atoms with Crippen molar-refractivity contribution < 1.29 is 5.11 Å². The van der Waals surface area contributed by atoms with Gasteiger partial charge in [0.05, 0.1) is 6.10 Å². The average molecular weight is 284 g/mol. The smallest absolute Gasteiger partial charge is 0.0526 e. The van der Waals surface area contributed by atoms with Crippen molar-refractivity contribution in [1.29, 1.82) is 0 Å². The molecule has 3 atom stereocenters. The molecular formula is C18H24N2O. The molecule has 0 bridgehead atoms.